The Morgan fingerprint density at radius 2 is 2.19 bits per heavy atom. The number of nitrogens with one attached hydrogen (secondary N) is 1. The Balaban J connectivity index is 2.13. The van der Waals surface area contributed by atoms with Crippen LogP contribution >= 0.6 is 11.8 Å². The van der Waals surface area contributed by atoms with Gasteiger partial charge in [-0.05, 0) is 31.4 Å². The van der Waals surface area contributed by atoms with E-state index >= 15 is 0 Å². The van der Waals surface area contributed by atoms with Crippen molar-refractivity contribution in [3.63, 3.8) is 0 Å². The average Bonchev–Trinajstić information content (AvgIpc) is 3.00. The molecule has 1 fully saturated rings. The van der Waals surface area contributed by atoms with E-state index in [1.54, 1.807) is 11.8 Å². The molecule has 2 atom stereocenters. The standard InChI is InChI=1S/C11H21NO3S/c1-8(4-6-13)16-7-5-10(11(14)15)12-9-2-3-9/h8-10,12-13H,2-7H2,1H3,(H,14,15). The van der Waals surface area contributed by atoms with Crippen LogP contribution in [0.2, 0.25) is 0 Å². The Kier molecular flexibility index (Phi) is 6.16. The van der Waals surface area contributed by atoms with E-state index in [0.717, 1.165) is 25.0 Å². The molecule has 1 aliphatic rings. The van der Waals surface area contributed by atoms with Gasteiger partial charge in [-0.3, -0.25) is 4.79 Å². The summed E-state index contributed by atoms with van der Waals surface area (Å²) in [5.41, 5.74) is 0. The van der Waals surface area contributed by atoms with Crippen LogP contribution in [-0.2, 0) is 4.79 Å². The first-order valence-corrected chi connectivity index (χ1v) is 6.89. The third kappa shape index (κ3) is 5.72. The molecule has 5 heteroatoms. The summed E-state index contributed by atoms with van der Waals surface area (Å²) in [4.78, 5) is 11.0. The molecular formula is C11H21NO3S. The summed E-state index contributed by atoms with van der Waals surface area (Å²) in [6, 6.07) is 0.0299. The molecule has 16 heavy (non-hydrogen) atoms. The maximum atomic E-state index is 11.0. The number of carboxylic acids is 1. The molecule has 0 aromatic carbocycles. The minimum absolute atomic E-state index is 0.205. The summed E-state index contributed by atoms with van der Waals surface area (Å²) >= 11 is 1.73. The second kappa shape index (κ2) is 7.14. The molecule has 1 saturated carbocycles. The third-order valence-electron chi connectivity index (χ3n) is 2.66. The highest BCUT2D eigenvalue weighted by molar-refractivity contribution is 7.99. The van der Waals surface area contributed by atoms with E-state index in [4.69, 9.17) is 10.2 Å². The van der Waals surface area contributed by atoms with Gasteiger partial charge in [-0.1, -0.05) is 6.92 Å². The zero-order chi connectivity index (χ0) is 12.0. The van der Waals surface area contributed by atoms with Gasteiger partial charge in [0.25, 0.3) is 0 Å². The van der Waals surface area contributed by atoms with Crippen LogP contribution in [0.5, 0.6) is 0 Å². The maximum Gasteiger partial charge on any atom is 0.320 e. The summed E-state index contributed by atoms with van der Waals surface area (Å²) in [5, 5.41) is 21.3. The van der Waals surface area contributed by atoms with Crippen LogP contribution < -0.4 is 5.32 Å². The van der Waals surface area contributed by atoms with Crippen molar-refractivity contribution in [2.45, 2.75) is 49.9 Å². The highest BCUT2D eigenvalue weighted by atomic mass is 32.2. The molecule has 0 bridgehead atoms. The molecule has 0 saturated heterocycles. The summed E-state index contributed by atoms with van der Waals surface area (Å²) in [6.07, 6.45) is 3.65. The van der Waals surface area contributed by atoms with Gasteiger partial charge in [0.1, 0.15) is 6.04 Å². The fourth-order valence-corrected chi connectivity index (χ4v) is 2.51. The summed E-state index contributed by atoms with van der Waals surface area (Å²) < 4.78 is 0. The first kappa shape index (κ1) is 13.8. The Morgan fingerprint density at radius 1 is 1.50 bits per heavy atom. The number of thioether (sulfide) groups is 1. The molecule has 0 spiro atoms. The number of aliphatic hydroxyl groups excluding tert-OH is 1. The quantitative estimate of drug-likeness (QED) is 0.569. The first-order chi connectivity index (χ1) is 7.63. The number of carbonyl (C=O) groups is 1. The van der Waals surface area contributed by atoms with Crippen LogP contribution in [0.25, 0.3) is 0 Å². The summed E-state index contributed by atoms with van der Waals surface area (Å²) in [6.45, 7) is 2.27. The van der Waals surface area contributed by atoms with E-state index in [0.29, 0.717) is 17.7 Å². The third-order valence-corrected chi connectivity index (χ3v) is 3.93. The van der Waals surface area contributed by atoms with Crippen molar-refractivity contribution in [2.24, 2.45) is 0 Å². The predicted molar refractivity (Wildman–Crippen MR) is 65.8 cm³/mol. The normalized spacial score (nSPS) is 19.4. The molecule has 0 aromatic rings. The van der Waals surface area contributed by atoms with Gasteiger partial charge in [0.15, 0.2) is 0 Å². The highest BCUT2D eigenvalue weighted by Crippen LogP contribution is 2.21. The van der Waals surface area contributed by atoms with Gasteiger partial charge in [0, 0.05) is 17.9 Å². The predicted octanol–water partition coefficient (Wildman–Crippen LogP) is 1.09. The topological polar surface area (TPSA) is 69.6 Å². The number of hydrogen-bond donors (Lipinski definition) is 3. The zero-order valence-electron chi connectivity index (χ0n) is 9.69. The minimum Gasteiger partial charge on any atom is -0.480 e. The van der Waals surface area contributed by atoms with Gasteiger partial charge in [-0.25, -0.2) is 0 Å². The molecule has 3 N–H and O–H groups in total. The molecule has 4 nitrogen and oxygen atoms in total. The van der Waals surface area contributed by atoms with Crippen molar-refractivity contribution in [3.05, 3.63) is 0 Å². The number of hydrogen-bond acceptors (Lipinski definition) is 4. The average molecular weight is 247 g/mol. The van der Waals surface area contributed by atoms with Crippen LogP contribution in [-0.4, -0.2) is 45.9 Å². The van der Waals surface area contributed by atoms with Gasteiger partial charge in [-0.15, -0.1) is 0 Å². The molecule has 94 valence electrons. The summed E-state index contributed by atoms with van der Waals surface area (Å²) in [7, 11) is 0. The number of aliphatic hydroxyl groups is 1. The Bertz CT molecular complexity index is 221. The monoisotopic (exact) mass is 247 g/mol. The first-order valence-electron chi connectivity index (χ1n) is 5.84. The molecule has 0 aromatic heterocycles. The van der Waals surface area contributed by atoms with Gasteiger partial charge in [0.05, 0.1) is 0 Å². The van der Waals surface area contributed by atoms with E-state index in [-0.39, 0.29) is 6.61 Å². The van der Waals surface area contributed by atoms with E-state index in [9.17, 15) is 4.79 Å². The van der Waals surface area contributed by atoms with Gasteiger partial charge in [0.2, 0.25) is 0 Å². The number of aliphatic carboxylic acids is 1. The fourth-order valence-electron chi connectivity index (χ4n) is 1.46. The second-order valence-electron chi connectivity index (χ2n) is 4.31. The fraction of sp³-hybridized carbons (Fsp3) is 0.909. The van der Waals surface area contributed by atoms with Crippen molar-refractivity contribution < 1.29 is 15.0 Å². The van der Waals surface area contributed by atoms with Crippen LogP contribution in [0.3, 0.4) is 0 Å². The largest absolute Gasteiger partial charge is 0.480 e. The van der Waals surface area contributed by atoms with Crippen molar-refractivity contribution in [1.29, 1.82) is 0 Å². The SMILES string of the molecule is CC(CCO)SCCC(NC1CC1)C(=O)O. The molecule has 1 aliphatic carbocycles. The van der Waals surface area contributed by atoms with E-state index < -0.39 is 12.0 Å². The van der Waals surface area contributed by atoms with Crippen LogP contribution in [0.15, 0.2) is 0 Å². The molecule has 2 unspecified atom stereocenters. The molecule has 0 aliphatic heterocycles. The van der Waals surface area contributed by atoms with Crippen LogP contribution in [0.1, 0.15) is 32.6 Å². The number of carboxylic acid groups (broad SMARTS) is 1. The van der Waals surface area contributed by atoms with E-state index in [2.05, 4.69) is 12.2 Å². The summed E-state index contributed by atoms with van der Waals surface area (Å²) in [5.74, 6) is 0.0833. The molecule has 0 radical (unpaired) electrons. The molecule has 0 heterocycles. The van der Waals surface area contributed by atoms with Crippen molar-refractivity contribution in [1.82, 2.24) is 5.32 Å². The van der Waals surface area contributed by atoms with Crippen molar-refractivity contribution >= 4 is 17.7 Å². The highest BCUT2D eigenvalue weighted by Gasteiger charge is 2.27. The maximum absolute atomic E-state index is 11.0. The zero-order valence-corrected chi connectivity index (χ0v) is 10.5. The lowest BCUT2D eigenvalue weighted by atomic mass is 10.2. The molecule has 0 amide bonds. The Hall–Kier alpha value is -0.260. The van der Waals surface area contributed by atoms with Gasteiger partial charge in [-0.2, -0.15) is 11.8 Å². The molecular weight excluding hydrogens is 226 g/mol. The van der Waals surface area contributed by atoms with E-state index in [1.807, 2.05) is 0 Å². The van der Waals surface area contributed by atoms with Gasteiger partial charge < -0.3 is 15.5 Å². The van der Waals surface area contributed by atoms with Crippen molar-refractivity contribution in [3.8, 4) is 0 Å². The van der Waals surface area contributed by atoms with Crippen LogP contribution in [0, 0.1) is 0 Å². The molecule has 1 rings (SSSR count). The second-order valence-corrected chi connectivity index (χ2v) is 5.86. The minimum atomic E-state index is -0.748. The lowest BCUT2D eigenvalue weighted by molar-refractivity contribution is -0.139. The smallest absolute Gasteiger partial charge is 0.320 e. The van der Waals surface area contributed by atoms with E-state index in [1.165, 1.54) is 0 Å². The van der Waals surface area contributed by atoms with Crippen molar-refractivity contribution in [2.75, 3.05) is 12.4 Å². The lowest BCUT2D eigenvalue weighted by Gasteiger charge is -2.15. The number of rotatable bonds is 9. The Morgan fingerprint density at radius 3 is 2.69 bits per heavy atom. The van der Waals surface area contributed by atoms with Gasteiger partial charge >= 0.3 is 5.97 Å². The van der Waals surface area contributed by atoms with Crippen LogP contribution in [0.4, 0.5) is 0 Å². The Labute approximate surface area is 101 Å². The lowest BCUT2D eigenvalue weighted by Crippen LogP contribution is -2.38.